The zero-order valence-corrected chi connectivity index (χ0v) is 41.3. The van der Waals surface area contributed by atoms with Gasteiger partial charge in [0.25, 0.3) is 0 Å². The maximum Gasteiger partial charge on any atom is 0.306 e. The van der Waals surface area contributed by atoms with Gasteiger partial charge in [-0.1, -0.05) is 209 Å². The summed E-state index contributed by atoms with van der Waals surface area (Å²) < 4.78 is 16.8. The molecule has 0 aliphatic rings. The van der Waals surface area contributed by atoms with Crippen LogP contribution >= 0.6 is 0 Å². The van der Waals surface area contributed by atoms with Crippen molar-refractivity contribution in [2.24, 2.45) is 0 Å². The van der Waals surface area contributed by atoms with E-state index in [1.165, 1.54) is 116 Å². The van der Waals surface area contributed by atoms with Gasteiger partial charge < -0.3 is 14.2 Å². The van der Waals surface area contributed by atoms with Crippen LogP contribution in [-0.2, 0) is 28.6 Å². The lowest BCUT2D eigenvalue weighted by Crippen LogP contribution is -2.30. The van der Waals surface area contributed by atoms with Crippen molar-refractivity contribution < 1.29 is 28.6 Å². The third kappa shape index (κ3) is 49.7. The highest BCUT2D eigenvalue weighted by Crippen LogP contribution is 2.14. The average Bonchev–Trinajstić information content (AvgIpc) is 3.28. The fraction of sp³-hybridized carbons (Fsp3) is 0.737. The number of hydrogen-bond acceptors (Lipinski definition) is 6. The van der Waals surface area contributed by atoms with Gasteiger partial charge in [0.15, 0.2) is 6.10 Å². The molecule has 6 nitrogen and oxygen atoms in total. The molecule has 1 unspecified atom stereocenters. The van der Waals surface area contributed by atoms with Gasteiger partial charge >= 0.3 is 17.9 Å². The number of carbonyl (C=O) groups excluding carboxylic acids is 3. The van der Waals surface area contributed by atoms with E-state index < -0.39 is 6.10 Å². The Balaban J connectivity index is 4.41. The summed E-state index contributed by atoms with van der Waals surface area (Å²) in [6, 6.07) is 0. The predicted molar refractivity (Wildman–Crippen MR) is 270 cm³/mol. The van der Waals surface area contributed by atoms with Crippen LogP contribution in [0.25, 0.3) is 0 Å². The fourth-order valence-corrected chi connectivity index (χ4v) is 7.23. The summed E-state index contributed by atoms with van der Waals surface area (Å²) in [5.41, 5.74) is 0. The summed E-state index contributed by atoms with van der Waals surface area (Å²) in [7, 11) is 0. The van der Waals surface area contributed by atoms with Gasteiger partial charge in [0.05, 0.1) is 0 Å². The zero-order chi connectivity index (χ0) is 45.8. The molecule has 0 aromatic rings. The first kappa shape index (κ1) is 59.9. The summed E-state index contributed by atoms with van der Waals surface area (Å²) in [5.74, 6) is -0.918. The van der Waals surface area contributed by atoms with Crippen LogP contribution in [0, 0.1) is 0 Å². The molecule has 0 saturated carbocycles. The molecule has 0 aliphatic carbocycles. The lowest BCUT2D eigenvalue weighted by Gasteiger charge is -2.18. The minimum Gasteiger partial charge on any atom is -0.462 e. The first-order chi connectivity index (χ1) is 31.0. The molecule has 0 fully saturated rings. The van der Waals surface area contributed by atoms with Gasteiger partial charge in [-0.15, -0.1) is 0 Å². The van der Waals surface area contributed by atoms with Gasteiger partial charge in [0, 0.05) is 19.3 Å². The van der Waals surface area contributed by atoms with E-state index in [0.717, 1.165) is 96.3 Å². The standard InChI is InChI=1S/C57H98O6/c1-4-7-10-13-16-19-22-25-27-28-30-32-35-38-41-44-47-50-56(59)62-53-54(52-61-55(58)49-46-43-40-37-34-31-24-21-18-15-12-9-6-3)63-57(60)51-48-45-42-39-36-33-29-26-23-20-17-14-11-8-5-2/h9,12,15-16,18-21,23-25,27,54H,4-8,10-11,13-14,17,22,26,28-53H2,1-3H3/b12-9+,18-15+,19-16+,23-20+,24-21+,27-25+. The monoisotopic (exact) mass is 879 g/mol. The van der Waals surface area contributed by atoms with Gasteiger partial charge in [-0.2, -0.15) is 0 Å². The minimum atomic E-state index is -0.789. The van der Waals surface area contributed by atoms with Crippen LogP contribution < -0.4 is 0 Å². The Labute approximate surface area is 389 Å². The Morgan fingerprint density at radius 3 is 1.13 bits per heavy atom. The molecule has 0 saturated heterocycles. The Kier molecular flexibility index (Phi) is 48.9. The molecule has 0 aromatic carbocycles. The second kappa shape index (κ2) is 51.5. The van der Waals surface area contributed by atoms with Crippen molar-refractivity contribution in [3.8, 4) is 0 Å². The van der Waals surface area contributed by atoms with Crippen LogP contribution in [-0.4, -0.2) is 37.2 Å². The first-order valence-corrected chi connectivity index (χ1v) is 26.5. The van der Waals surface area contributed by atoms with Gasteiger partial charge in [-0.05, 0) is 96.3 Å². The van der Waals surface area contributed by atoms with E-state index in [1.807, 2.05) is 0 Å². The van der Waals surface area contributed by atoms with E-state index in [4.69, 9.17) is 14.2 Å². The van der Waals surface area contributed by atoms with E-state index in [1.54, 1.807) is 0 Å². The maximum atomic E-state index is 12.8. The van der Waals surface area contributed by atoms with Crippen molar-refractivity contribution >= 4 is 17.9 Å². The fourth-order valence-electron chi connectivity index (χ4n) is 7.23. The van der Waals surface area contributed by atoms with Crippen molar-refractivity contribution in [3.05, 3.63) is 72.9 Å². The van der Waals surface area contributed by atoms with Crippen molar-refractivity contribution in [1.29, 1.82) is 0 Å². The summed E-state index contributed by atoms with van der Waals surface area (Å²) in [4.78, 5) is 38.0. The minimum absolute atomic E-state index is 0.0880. The molecule has 1 atom stereocenters. The quantitative estimate of drug-likeness (QED) is 0.0199. The SMILES string of the molecule is CC/C=C/C=C/C=C/CCCCCCCC(=O)OCC(COC(=O)CCCCCCCCC/C=C/C/C=C/CCCCC)OC(=O)CCCCCCCCC/C=C/CCCCCC. The zero-order valence-electron chi connectivity index (χ0n) is 41.3. The largest absolute Gasteiger partial charge is 0.462 e. The molecule has 0 rings (SSSR count). The molecule has 0 spiro atoms. The molecular weight excluding hydrogens is 781 g/mol. The normalized spacial score (nSPS) is 12.6. The Morgan fingerprint density at radius 1 is 0.349 bits per heavy atom. The number of unbranched alkanes of at least 4 members (excludes halogenated alkanes) is 26. The van der Waals surface area contributed by atoms with Crippen LogP contribution in [0.1, 0.15) is 252 Å². The van der Waals surface area contributed by atoms with E-state index in [2.05, 4.69) is 93.7 Å². The summed E-state index contributed by atoms with van der Waals surface area (Å²) in [5, 5.41) is 0. The Morgan fingerprint density at radius 2 is 0.683 bits per heavy atom. The summed E-state index contributed by atoms with van der Waals surface area (Å²) >= 11 is 0. The number of ether oxygens (including phenoxy) is 3. The lowest BCUT2D eigenvalue weighted by molar-refractivity contribution is -0.167. The van der Waals surface area contributed by atoms with Crippen molar-refractivity contribution in [2.75, 3.05) is 13.2 Å². The molecular formula is C57H98O6. The van der Waals surface area contributed by atoms with E-state index in [-0.39, 0.29) is 31.1 Å². The maximum absolute atomic E-state index is 12.8. The van der Waals surface area contributed by atoms with E-state index in [0.29, 0.717) is 19.3 Å². The molecule has 63 heavy (non-hydrogen) atoms. The Hall–Kier alpha value is -3.15. The molecule has 0 heterocycles. The first-order valence-electron chi connectivity index (χ1n) is 26.5. The van der Waals surface area contributed by atoms with Crippen LogP contribution in [0.3, 0.4) is 0 Å². The highest BCUT2D eigenvalue weighted by Gasteiger charge is 2.19. The van der Waals surface area contributed by atoms with E-state index in [9.17, 15) is 14.4 Å². The van der Waals surface area contributed by atoms with Crippen molar-refractivity contribution in [3.63, 3.8) is 0 Å². The van der Waals surface area contributed by atoms with Gasteiger partial charge in [0.2, 0.25) is 0 Å². The molecule has 0 aliphatic heterocycles. The van der Waals surface area contributed by atoms with Crippen LogP contribution in [0.15, 0.2) is 72.9 Å². The molecule has 0 bridgehead atoms. The van der Waals surface area contributed by atoms with Gasteiger partial charge in [-0.3, -0.25) is 14.4 Å². The molecule has 0 N–H and O–H groups in total. The van der Waals surface area contributed by atoms with E-state index >= 15 is 0 Å². The van der Waals surface area contributed by atoms with Gasteiger partial charge in [-0.25, -0.2) is 0 Å². The lowest BCUT2D eigenvalue weighted by atomic mass is 10.1. The second-order valence-electron chi connectivity index (χ2n) is 17.5. The smallest absolute Gasteiger partial charge is 0.306 e. The summed E-state index contributed by atoms with van der Waals surface area (Å²) in [6.45, 7) is 6.45. The van der Waals surface area contributed by atoms with Crippen LogP contribution in [0.4, 0.5) is 0 Å². The predicted octanol–water partition coefficient (Wildman–Crippen LogP) is 17.4. The number of hydrogen-bond donors (Lipinski definition) is 0. The highest BCUT2D eigenvalue weighted by atomic mass is 16.6. The Bertz CT molecular complexity index is 1190. The van der Waals surface area contributed by atoms with Crippen molar-refractivity contribution in [1.82, 2.24) is 0 Å². The molecule has 362 valence electrons. The third-order valence-corrected chi connectivity index (χ3v) is 11.2. The van der Waals surface area contributed by atoms with Crippen molar-refractivity contribution in [2.45, 2.75) is 258 Å². The van der Waals surface area contributed by atoms with Crippen LogP contribution in [0.2, 0.25) is 0 Å². The number of esters is 3. The molecule has 0 aromatic heterocycles. The summed E-state index contributed by atoms with van der Waals surface area (Å²) in [6.07, 6.45) is 64.5. The number of allylic oxidation sites excluding steroid dienone is 12. The molecule has 0 radical (unpaired) electrons. The third-order valence-electron chi connectivity index (χ3n) is 11.2. The topological polar surface area (TPSA) is 78.9 Å². The molecule has 6 heteroatoms. The highest BCUT2D eigenvalue weighted by molar-refractivity contribution is 5.71. The van der Waals surface area contributed by atoms with Crippen LogP contribution in [0.5, 0.6) is 0 Å². The number of rotatable bonds is 47. The second-order valence-corrected chi connectivity index (χ2v) is 17.5. The average molecular weight is 879 g/mol. The molecule has 0 amide bonds. The number of carbonyl (C=O) groups is 3. The van der Waals surface area contributed by atoms with Gasteiger partial charge in [0.1, 0.15) is 13.2 Å².